The maximum Gasteiger partial charge on any atom is 0.268 e. The van der Waals surface area contributed by atoms with Gasteiger partial charge in [-0.05, 0) is 12.8 Å². The number of rotatable bonds is 5. The summed E-state index contributed by atoms with van der Waals surface area (Å²) in [6.07, 6.45) is 3.64. The molecule has 0 bridgehead atoms. The summed E-state index contributed by atoms with van der Waals surface area (Å²) in [7, 11) is 3.08. The largest absolute Gasteiger partial charge is 0.370 e. The highest BCUT2D eigenvalue weighted by molar-refractivity contribution is 5.43. The second kappa shape index (κ2) is 5.97. The molecule has 1 saturated heterocycles. The van der Waals surface area contributed by atoms with Crippen molar-refractivity contribution >= 4 is 5.69 Å². The molecule has 6 nitrogen and oxygen atoms in total. The molecule has 0 aliphatic carbocycles. The van der Waals surface area contributed by atoms with Crippen molar-refractivity contribution in [2.75, 3.05) is 32.2 Å². The van der Waals surface area contributed by atoms with Crippen LogP contribution in [-0.2, 0) is 16.0 Å². The van der Waals surface area contributed by atoms with Crippen molar-refractivity contribution in [2.24, 2.45) is 0 Å². The number of hydrogen-bond acceptors (Lipinski definition) is 5. The lowest BCUT2D eigenvalue weighted by molar-refractivity contribution is -0.113. The van der Waals surface area contributed by atoms with Gasteiger partial charge < -0.3 is 14.4 Å². The lowest BCUT2D eigenvalue weighted by atomic mass is 10.4. The predicted molar refractivity (Wildman–Crippen MR) is 67.8 cm³/mol. The van der Waals surface area contributed by atoms with Gasteiger partial charge in [0.1, 0.15) is 0 Å². The Bertz CT molecular complexity index is 436. The number of nitrogens with zero attached hydrogens (tertiary/aromatic N) is 3. The number of hydrogen-bond donors (Lipinski definition) is 0. The van der Waals surface area contributed by atoms with Gasteiger partial charge in [0.05, 0.1) is 18.4 Å². The van der Waals surface area contributed by atoms with E-state index in [4.69, 9.17) is 9.47 Å². The maximum atomic E-state index is 11.9. The van der Waals surface area contributed by atoms with E-state index in [1.807, 2.05) is 0 Å². The van der Waals surface area contributed by atoms with Crippen molar-refractivity contribution in [1.82, 2.24) is 9.78 Å². The topological polar surface area (TPSA) is 56.6 Å². The minimum atomic E-state index is -0.451. The first-order valence-corrected chi connectivity index (χ1v) is 6.12. The second-order valence-corrected chi connectivity index (χ2v) is 4.33. The molecule has 0 N–H and O–H groups in total. The van der Waals surface area contributed by atoms with Gasteiger partial charge in [-0.1, -0.05) is 0 Å². The third kappa shape index (κ3) is 2.88. The first kappa shape index (κ1) is 13.0. The summed E-state index contributed by atoms with van der Waals surface area (Å²) in [6, 6.07) is 1.63. The molecule has 0 spiro atoms. The molecule has 2 rings (SSSR count). The molecule has 0 saturated carbocycles. The van der Waals surface area contributed by atoms with Gasteiger partial charge in [-0.25, -0.2) is 4.68 Å². The molecule has 0 aromatic carbocycles. The predicted octanol–water partition coefficient (Wildman–Crippen LogP) is 0.462. The lowest BCUT2D eigenvalue weighted by Gasteiger charge is -2.18. The monoisotopic (exact) mass is 253 g/mol. The molecule has 18 heavy (non-hydrogen) atoms. The highest BCUT2D eigenvalue weighted by Crippen LogP contribution is 2.16. The summed E-state index contributed by atoms with van der Waals surface area (Å²) in [5, 5.41) is 4.16. The summed E-state index contributed by atoms with van der Waals surface area (Å²) in [4.78, 5) is 14.1. The molecular weight excluding hydrogens is 234 g/mol. The van der Waals surface area contributed by atoms with E-state index in [0.717, 1.165) is 18.8 Å². The average Bonchev–Trinajstić information content (AvgIpc) is 2.91. The van der Waals surface area contributed by atoms with Gasteiger partial charge in [0, 0.05) is 33.4 Å². The van der Waals surface area contributed by atoms with Gasteiger partial charge in [0.2, 0.25) is 0 Å². The molecule has 0 unspecified atom stereocenters. The molecule has 1 aromatic heterocycles. The van der Waals surface area contributed by atoms with E-state index in [1.165, 1.54) is 31.7 Å². The van der Waals surface area contributed by atoms with Crippen LogP contribution < -0.4 is 10.5 Å². The summed E-state index contributed by atoms with van der Waals surface area (Å²) >= 11 is 0. The highest BCUT2D eigenvalue weighted by atomic mass is 16.7. The molecule has 0 atom stereocenters. The summed E-state index contributed by atoms with van der Waals surface area (Å²) < 4.78 is 11.5. The van der Waals surface area contributed by atoms with Crippen molar-refractivity contribution in [3.63, 3.8) is 0 Å². The quantitative estimate of drug-likeness (QED) is 0.714. The van der Waals surface area contributed by atoms with E-state index >= 15 is 0 Å². The minimum absolute atomic E-state index is 0.126. The van der Waals surface area contributed by atoms with Crippen LogP contribution in [0.15, 0.2) is 17.1 Å². The van der Waals surface area contributed by atoms with Crippen LogP contribution in [0.5, 0.6) is 0 Å². The van der Waals surface area contributed by atoms with Gasteiger partial charge in [-0.15, -0.1) is 0 Å². The zero-order valence-corrected chi connectivity index (χ0v) is 10.8. The Morgan fingerprint density at radius 1 is 1.33 bits per heavy atom. The number of aromatic nitrogens is 2. The van der Waals surface area contributed by atoms with Crippen LogP contribution in [-0.4, -0.2) is 43.4 Å². The highest BCUT2D eigenvalue weighted by Gasteiger charge is 2.14. The molecule has 1 aliphatic heterocycles. The van der Waals surface area contributed by atoms with Crippen molar-refractivity contribution in [3.05, 3.63) is 22.6 Å². The van der Waals surface area contributed by atoms with Gasteiger partial charge >= 0.3 is 0 Å². The molecular formula is C12H19N3O3. The fourth-order valence-electron chi connectivity index (χ4n) is 2.10. The lowest BCUT2D eigenvalue weighted by Crippen LogP contribution is -2.31. The fraction of sp³-hybridized carbons (Fsp3) is 0.667. The molecule has 100 valence electrons. The van der Waals surface area contributed by atoms with Crippen LogP contribution in [0.3, 0.4) is 0 Å². The molecule has 1 aromatic rings. The maximum absolute atomic E-state index is 11.9. The fourth-order valence-corrected chi connectivity index (χ4v) is 2.10. The summed E-state index contributed by atoms with van der Waals surface area (Å²) in [5.41, 5.74) is 0.777. The van der Waals surface area contributed by atoms with Gasteiger partial charge in [0.25, 0.3) is 5.56 Å². The molecule has 6 heteroatoms. The third-order valence-corrected chi connectivity index (χ3v) is 3.17. The van der Waals surface area contributed by atoms with Crippen molar-refractivity contribution < 1.29 is 9.47 Å². The number of methoxy groups -OCH3 is 2. The van der Waals surface area contributed by atoms with Crippen LogP contribution >= 0.6 is 0 Å². The Balaban J connectivity index is 2.12. The Kier molecular flexibility index (Phi) is 4.33. The van der Waals surface area contributed by atoms with E-state index in [0.29, 0.717) is 6.54 Å². The van der Waals surface area contributed by atoms with E-state index in [9.17, 15) is 4.79 Å². The molecule has 1 fully saturated rings. The Labute approximate surface area is 106 Å². The zero-order valence-electron chi connectivity index (χ0n) is 10.8. The van der Waals surface area contributed by atoms with E-state index in [2.05, 4.69) is 10.00 Å². The van der Waals surface area contributed by atoms with Crippen molar-refractivity contribution in [3.8, 4) is 0 Å². The Morgan fingerprint density at radius 2 is 2.00 bits per heavy atom. The van der Waals surface area contributed by atoms with Gasteiger partial charge in [0.15, 0.2) is 6.29 Å². The zero-order chi connectivity index (χ0) is 13.0. The molecule has 1 aliphatic rings. The first-order chi connectivity index (χ1) is 8.74. The smallest absolute Gasteiger partial charge is 0.268 e. The number of ether oxygens (including phenoxy) is 2. The van der Waals surface area contributed by atoms with Gasteiger partial charge in [-0.2, -0.15) is 5.10 Å². The molecule has 0 radical (unpaired) electrons. The van der Waals surface area contributed by atoms with Crippen LogP contribution in [0.4, 0.5) is 5.69 Å². The summed E-state index contributed by atoms with van der Waals surface area (Å²) in [5.74, 6) is 0. The normalized spacial score (nSPS) is 15.6. The van der Waals surface area contributed by atoms with Crippen LogP contribution in [0.1, 0.15) is 12.8 Å². The number of anilines is 1. The van der Waals surface area contributed by atoms with Crippen LogP contribution in [0, 0.1) is 0 Å². The standard InChI is InChI=1S/C12H19N3O3/c1-17-12(18-2)9-15-11(16)7-10(8-13-15)14-5-3-4-6-14/h7-8,12H,3-6,9H2,1-2H3. The van der Waals surface area contributed by atoms with Crippen LogP contribution in [0.2, 0.25) is 0 Å². The Morgan fingerprint density at radius 3 is 2.56 bits per heavy atom. The van der Waals surface area contributed by atoms with E-state index in [-0.39, 0.29) is 5.56 Å². The van der Waals surface area contributed by atoms with Crippen LogP contribution in [0.25, 0.3) is 0 Å². The van der Waals surface area contributed by atoms with Crippen molar-refractivity contribution in [2.45, 2.75) is 25.7 Å². The first-order valence-electron chi connectivity index (χ1n) is 6.12. The second-order valence-electron chi connectivity index (χ2n) is 4.33. The average molecular weight is 253 g/mol. The molecule has 0 amide bonds. The summed E-state index contributed by atoms with van der Waals surface area (Å²) in [6.45, 7) is 2.31. The van der Waals surface area contributed by atoms with E-state index < -0.39 is 6.29 Å². The molecule has 2 heterocycles. The minimum Gasteiger partial charge on any atom is -0.370 e. The SMILES string of the molecule is COC(Cn1ncc(N2CCCC2)cc1=O)OC. The van der Waals surface area contributed by atoms with E-state index in [1.54, 1.807) is 12.3 Å². The third-order valence-electron chi connectivity index (χ3n) is 3.17. The van der Waals surface area contributed by atoms with Crippen molar-refractivity contribution in [1.29, 1.82) is 0 Å². The Hall–Kier alpha value is -1.40. The van der Waals surface area contributed by atoms with Gasteiger partial charge in [-0.3, -0.25) is 4.79 Å².